The van der Waals surface area contributed by atoms with Gasteiger partial charge in [0, 0.05) is 55.7 Å². The number of furan rings is 1. The van der Waals surface area contributed by atoms with E-state index in [9.17, 15) is 0 Å². The molecule has 0 saturated heterocycles. The lowest BCUT2D eigenvalue weighted by atomic mass is 9.33. The van der Waals surface area contributed by atoms with Crippen LogP contribution >= 0.6 is 0 Å². The quantitative estimate of drug-likeness (QED) is 0.142. The normalized spacial score (nSPS) is 13.2. The van der Waals surface area contributed by atoms with Crippen LogP contribution in [0.1, 0.15) is 105 Å². The average molecular weight is 1280 g/mol. The van der Waals surface area contributed by atoms with Crippen LogP contribution in [0, 0.1) is 0 Å². The number of fused-ring (bicyclic) bond motifs is 10. The van der Waals surface area contributed by atoms with Crippen LogP contribution in [-0.2, 0) is 21.7 Å². The minimum Gasteiger partial charge on any atom is -0.456 e. The van der Waals surface area contributed by atoms with E-state index in [2.05, 4.69) is 377 Å². The fourth-order valence-electron chi connectivity index (χ4n) is 15.8. The highest BCUT2D eigenvalue weighted by atomic mass is 16.3. The van der Waals surface area contributed by atoms with Gasteiger partial charge in [-0.1, -0.05) is 271 Å². The Morgan fingerprint density at radius 2 is 0.717 bits per heavy atom. The second-order valence-corrected chi connectivity index (χ2v) is 31.8. The van der Waals surface area contributed by atoms with Gasteiger partial charge in [0.15, 0.2) is 0 Å². The van der Waals surface area contributed by atoms with E-state index in [1.54, 1.807) is 0 Å². The second-order valence-electron chi connectivity index (χ2n) is 31.8. The predicted octanol–water partition coefficient (Wildman–Crippen LogP) is 24.3. The molecule has 2 aliphatic heterocycles. The zero-order chi connectivity index (χ0) is 68.0. The van der Waals surface area contributed by atoms with E-state index in [0.29, 0.717) is 0 Å². The van der Waals surface area contributed by atoms with Crippen molar-refractivity contribution in [2.24, 2.45) is 0 Å². The SMILES string of the molecule is CC(C)(C)c1ccc(-c2cc3c4c(c2)N(c2cc(-c5ccccc5)cc5oc6ccccc6c25)c2ccc(-c5ccccc5)cc2B4c2cc(-n4c5ccc(C(C)(C)C)cc5c5cc(C(C)(C)C)ccc54)ccc2N3c2c(-c3ccccc3)cc(C(C)(C)C)cc2-c2ccccc2)cc1. The highest BCUT2D eigenvalue weighted by Crippen LogP contribution is 2.55. The van der Waals surface area contributed by atoms with Crippen molar-refractivity contribution in [1.29, 1.82) is 0 Å². The van der Waals surface area contributed by atoms with Gasteiger partial charge in [-0.15, -0.1) is 0 Å². The minimum atomic E-state index is -0.274. The van der Waals surface area contributed by atoms with Crippen molar-refractivity contribution in [3.63, 3.8) is 0 Å². The lowest BCUT2D eigenvalue weighted by Crippen LogP contribution is -2.61. The van der Waals surface area contributed by atoms with Gasteiger partial charge in [-0.2, -0.15) is 0 Å². The molecule has 4 nitrogen and oxygen atoms in total. The van der Waals surface area contributed by atoms with Gasteiger partial charge in [-0.25, -0.2) is 0 Å². The van der Waals surface area contributed by atoms with E-state index in [1.807, 2.05) is 0 Å². The first kappa shape index (κ1) is 61.7. The molecule has 0 amide bonds. The second kappa shape index (κ2) is 22.9. The van der Waals surface area contributed by atoms with E-state index < -0.39 is 0 Å². The van der Waals surface area contributed by atoms with Crippen LogP contribution < -0.4 is 26.2 Å². The third kappa shape index (κ3) is 10.4. The molecule has 5 heteroatoms. The predicted molar refractivity (Wildman–Crippen MR) is 424 cm³/mol. The Labute approximate surface area is 583 Å². The van der Waals surface area contributed by atoms with Crippen LogP contribution in [0.3, 0.4) is 0 Å². The van der Waals surface area contributed by atoms with Crippen molar-refractivity contribution in [1.82, 2.24) is 4.57 Å². The first-order chi connectivity index (χ1) is 47.6. The molecule has 482 valence electrons. The van der Waals surface area contributed by atoms with Crippen molar-refractivity contribution >= 4 is 101 Å². The molecule has 0 radical (unpaired) electrons. The van der Waals surface area contributed by atoms with Gasteiger partial charge in [0.05, 0.1) is 27.8 Å². The van der Waals surface area contributed by atoms with Crippen molar-refractivity contribution in [2.75, 3.05) is 9.80 Å². The Morgan fingerprint density at radius 3 is 1.27 bits per heavy atom. The molecule has 4 heterocycles. The first-order valence-corrected chi connectivity index (χ1v) is 35.2. The number of para-hydroxylation sites is 1. The number of rotatable bonds is 8. The van der Waals surface area contributed by atoms with Crippen molar-refractivity contribution in [3.05, 3.63) is 301 Å². The Morgan fingerprint density at radius 1 is 0.283 bits per heavy atom. The van der Waals surface area contributed by atoms with Crippen LogP contribution in [0.25, 0.3) is 105 Å². The highest BCUT2D eigenvalue weighted by molar-refractivity contribution is 7.00. The molecule has 99 heavy (non-hydrogen) atoms. The molecule has 15 aromatic rings. The lowest BCUT2D eigenvalue weighted by molar-refractivity contribution is 0.590. The monoisotopic (exact) mass is 1280 g/mol. The largest absolute Gasteiger partial charge is 0.456 e. The van der Waals surface area contributed by atoms with Gasteiger partial charge in [-0.05, 0) is 196 Å². The molecule has 0 spiro atoms. The summed E-state index contributed by atoms with van der Waals surface area (Å²) in [5.74, 6) is 0. The number of anilines is 6. The van der Waals surface area contributed by atoms with E-state index >= 15 is 0 Å². The number of aromatic nitrogens is 1. The standard InChI is InChI=1S/C94H82BN3O/c1-91(2,3)67-40-37-61(38-41-67)65-51-84-89-85(52-65)98(90-73(62-31-21-15-22-32-62)56-70(94(10,11)12)57-74(90)63-33-23-16-24-34-63)82-48-44-71(96-79-46-42-68(92(4,5)6)54-75(79)76-55-69(93(7,8)9)43-47-80(76)96)58-78(82)95(89)77-49-64(59-27-17-13-18-28-59)39-45-81(77)97(84)83-50-66(60-29-19-14-20-30-60)53-87-88(83)72-35-25-26-36-86(72)99-87/h13-58H,1-12H3. The molecule has 0 fully saturated rings. The third-order valence-corrected chi connectivity index (χ3v) is 21.2. The van der Waals surface area contributed by atoms with Crippen LogP contribution in [0.4, 0.5) is 34.1 Å². The summed E-state index contributed by atoms with van der Waals surface area (Å²) in [7, 11) is 0. The molecular formula is C94H82BN3O. The maximum absolute atomic E-state index is 7.09. The minimum absolute atomic E-state index is 0.0422. The Kier molecular flexibility index (Phi) is 14.2. The van der Waals surface area contributed by atoms with Gasteiger partial charge in [0.2, 0.25) is 0 Å². The number of hydrogen-bond donors (Lipinski definition) is 0. The third-order valence-electron chi connectivity index (χ3n) is 21.2. The van der Waals surface area contributed by atoms with Crippen molar-refractivity contribution in [3.8, 4) is 61.3 Å². The molecule has 0 aliphatic carbocycles. The van der Waals surface area contributed by atoms with E-state index in [0.717, 1.165) is 112 Å². The molecule has 0 bridgehead atoms. The average Bonchev–Trinajstić information content (AvgIpc) is 1.02. The van der Waals surface area contributed by atoms with E-state index in [1.165, 1.54) is 66.0 Å². The Hall–Kier alpha value is -10.9. The fraction of sp³-hybridized carbons (Fsp3) is 0.170. The fourth-order valence-corrected chi connectivity index (χ4v) is 15.8. The molecular weight excluding hydrogens is 1200 g/mol. The molecule has 17 rings (SSSR count). The summed E-state index contributed by atoms with van der Waals surface area (Å²) < 4.78 is 9.65. The Bertz CT molecular complexity index is 5560. The summed E-state index contributed by atoms with van der Waals surface area (Å²) >= 11 is 0. The van der Waals surface area contributed by atoms with Gasteiger partial charge in [0.1, 0.15) is 11.2 Å². The maximum Gasteiger partial charge on any atom is 0.252 e. The van der Waals surface area contributed by atoms with Gasteiger partial charge in [0.25, 0.3) is 6.71 Å². The smallest absolute Gasteiger partial charge is 0.252 e. The van der Waals surface area contributed by atoms with Crippen molar-refractivity contribution < 1.29 is 4.42 Å². The topological polar surface area (TPSA) is 24.6 Å². The summed E-state index contributed by atoms with van der Waals surface area (Å²) in [4.78, 5) is 5.32. The first-order valence-electron chi connectivity index (χ1n) is 35.2. The Balaban J connectivity index is 1.06. The highest BCUT2D eigenvalue weighted by Gasteiger charge is 2.46. The molecule has 2 aromatic heterocycles. The summed E-state index contributed by atoms with van der Waals surface area (Å²) in [6.45, 7) is 27.7. The van der Waals surface area contributed by atoms with Gasteiger partial charge in [-0.3, -0.25) is 0 Å². The molecule has 0 N–H and O–H groups in total. The number of hydrogen-bond acceptors (Lipinski definition) is 3. The molecule has 0 unspecified atom stereocenters. The summed E-state index contributed by atoms with van der Waals surface area (Å²) in [5.41, 5.74) is 31.8. The van der Waals surface area contributed by atoms with Gasteiger partial charge >= 0.3 is 0 Å². The zero-order valence-corrected chi connectivity index (χ0v) is 58.9. The maximum atomic E-state index is 7.09. The van der Waals surface area contributed by atoms with E-state index in [-0.39, 0.29) is 28.4 Å². The number of benzene rings is 13. The van der Waals surface area contributed by atoms with Crippen LogP contribution in [-0.4, -0.2) is 11.3 Å². The molecule has 13 aromatic carbocycles. The molecule has 2 aliphatic rings. The zero-order valence-electron chi connectivity index (χ0n) is 58.9. The van der Waals surface area contributed by atoms with Crippen molar-refractivity contribution in [2.45, 2.75) is 105 Å². The number of nitrogens with zero attached hydrogens (tertiary/aromatic N) is 3. The van der Waals surface area contributed by atoms with Crippen LogP contribution in [0.5, 0.6) is 0 Å². The summed E-state index contributed by atoms with van der Waals surface area (Å²) in [5, 5.41) is 4.66. The van der Waals surface area contributed by atoms with Crippen LogP contribution in [0.15, 0.2) is 283 Å². The molecule has 0 atom stereocenters. The summed E-state index contributed by atoms with van der Waals surface area (Å²) in [6, 6.07) is 106. The molecule has 0 saturated carbocycles. The van der Waals surface area contributed by atoms with E-state index in [4.69, 9.17) is 4.42 Å². The van der Waals surface area contributed by atoms with Gasteiger partial charge < -0.3 is 18.8 Å². The summed E-state index contributed by atoms with van der Waals surface area (Å²) in [6.07, 6.45) is 0. The lowest BCUT2D eigenvalue weighted by Gasteiger charge is -2.45. The van der Waals surface area contributed by atoms with Crippen LogP contribution in [0.2, 0.25) is 0 Å².